The van der Waals surface area contributed by atoms with Gasteiger partial charge in [0, 0.05) is 28.9 Å². The van der Waals surface area contributed by atoms with Gasteiger partial charge in [-0.05, 0) is 62.6 Å². The zero-order chi connectivity index (χ0) is 21.8. The van der Waals surface area contributed by atoms with Crippen molar-refractivity contribution in [3.63, 3.8) is 0 Å². The van der Waals surface area contributed by atoms with Gasteiger partial charge in [-0.25, -0.2) is 4.98 Å². The molecule has 160 valence electrons. The molecule has 0 fully saturated rings. The van der Waals surface area contributed by atoms with E-state index in [-0.39, 0.29) is 13.2 Å². The number of oxazole rings is 1. The molecule has 0 aliphatic carbocycles. The summed E-state index contributed by atoms with van der Waals surface area (Å²) in [6.45, 7) is 9.76. The molecule has 2 heterocycles. The first kappa shape index (κ1) is 22.0. The number of aliphatic hydroxyl groups excluding tert-OH is 2. The second-order valence-electron chi connectivity index (χ2n) is 7.57. The maximum absolute atomic E-state index is 9.57. The van der Waals surface area contributed by atoms with Crippen molar-refractivity contribution in [3.05, 3.63) is 52.5 Å². The Morgan fingerprint density at radius 2 is 1.67 bits per heavy atom. The lowest BCUT2D eigenvalue weighted by molar-refractivity contribution is 0.0532. The highest BCUT2D eigenvalue weighted by atomic mass is 16.5. The van der Waals surface area contributed by atoms with Gasteiger partial charge in [-0.15, -0.1) is 0 Å². The van der Waals surface area contributed by atoms with Crippen LogP contribution in [0.5, 0.6) is 5.75 Å². The van der Waals surface area contributed by atoms with Gasteiger partial charge in [-0.2, -0.15) is 0 Å². The summed E-state index contributed by atoms with van der Waals surface area (Å²) in [6, 6.07) is 8.06. The van der Waals surface area contributed by atoms with Crippen molar-refractivity contribution in [2.24, 2.45) is 0 Å². The molecule has 0 amide bonds. The van der Waals surface area contributed by atoms with Gasteiger partial charge in [0.15, 0.2) is 0 Å². The zero-order valence-electron chi connectivity index (χ0n) is 18.3. The quantitative estimate of drug-likeness (QED) is 0.579. The fourth-order valence-electron chi connectivity index (χ4n) is 3.53. The molecule has 0 saturated carbocycles. The lowest BCUT2D eigenvalue weighted by Gasteiger charge is -2.15. The van der Waals surface area contributed by atoms with E-state index in [0.29, 0.717) is 11.6 Å². The molecule has 3 rings (SSSR count). The van der Waals surface area contributed by atoms with Crippen LogP contribution in [-0.2, 0) is 12.8 Å². The molecule has 2 N–H and O–H groups in total. The van der Waals surface area contributed by atoms with E-state index in [9.17, 15) is 5.11 Å². The van der Waals surface area contributed by atoms with Crippen molar-refractivity contribution in [1.29, 1.82) is 0 Å². The Bertz CT molecular complexity index is 1000. The zero-order valence-corrected chi connectivity index (χ0v) is 18.3. The van der Waals surface area contributed by atoms with E-state index in [1.807, 2.05) is 45.0 Å². The van der Waals surface area contributed by atoms with Gasteiger partial charge >= 0.3 is 0 Å². The van der Waals surface area contributed by atoms with Gasteiger partial charge in [-0.1, -0.05) is 13.8 Å². The van der Waals surface area contributed by atoms with Gasteiger partial charge in [0.1, 0.15) is 29.9 Å². The van der Waals surface area contributed by atoms with Gasteiger partial charge in [0.2, 0.25) is 5.89 Å². The van der Waals surface area contributed by atoms with Crippen LogP contribution in [0.15, 0.2) is 28.7 Å². The second-order valence-corrected chi connectivity index (χ2v) is 7.57. The first-order valence-electron chi connectivity index (χ1n) is 10.4. The summed E-state index contributed by atoms with van der Waals surface area (Å²) in [6.07, 6.45) is 0.685. The summed E-state index contributed by atoms with van der Waals surface area (Å²) < 4.78 is 11.9. The van der Waals surface area contributed by atoms with Crippen molar-refractivity contribution in [2.75, 3.05) is 13.2 Å². The van der Waals surface area contributed by atoms with Crippen LogP contribution in [-0.4, -0.2) is 39.5 Å². The molecule has 30 heavy (non-hydrogen) atoms. The maximum atomic E-state index is 9.57. The highest BCUT2D eigenvalue weighted by molar-refractivity contribution is 5.69. The predicted octanol–water partition coefficient (Wildman–Crippen LogP) is 4.19. The van der Waals surface area contributed by atoms with Gasteiger partial charge < -0.3 is 19.4 Å². The number of hydrogen-bond donors (Lipinski definition) is 2. The number of aliphatic hydroxyl groups is 2. The Hall–Kier alpha value is -2.70. The molecule has 0 bridgehead atoms. The molecule has 6 nitrogen and oxygen atoms in total. The number of benzene rings is 1. The lowest BCUT2D eigenvalue weighted by Crippen LogP contribution is -2.21. The van der Waals surface area contributed by atoms with Crippen LogP contribution in [0.3, 0.4) is 0 Å². The summed E-state index contributed by atoms with van der Waals surface area (Å²) in [5.74, 6) is 2.15. The first-order chi connectivity index (χ1) is 14.4. The van der Waals surface area contributed by atoms with Crippen molar-refractivity contribution in [1.82, 2.24) is 9.97 Å². The molecule has 0 aliphatic rings. The van der Waals surface area contributed by atoms with Gasteiger partial charge in [0.25, 0.3) is 0 Å². The molecule has 0 spiro atoms. The topological polar surface area (TPSA) is 88.6 Å². The molecule has 3 aromatic rings. The number of rotatable bonds is 8. The predicted molar refractivity (Wildman–Crippen MR) is 117 cm³/mol. The van der Waals surface area contributed by atoms with Crippen LogP contribution in [0.1, 0.15) is 42.1 Å². The Morgan fingerprint density at radius 1 is 0.967 bits per heavy atom. The van der Waals surface area contributed by atoms with Crippen molar-refractivity contribution in [3.8, 4) is 28.5 Å². The molecule has 1 atom stereocenters. The number of pyridine rings is 1. The third kappa shape index (κ3) is 4.71. The van der Waals surface area contributed by atoms with Crippen LogP contribution in [0.2, 0.25) is 0 Å². The average Bonchev–Trinajstić information content (AvgIpc) is 3.17. The van der Waals surface area contributed by atoms with E-state index in [0.717, 1.165) is 57.9 Å². The number of aromatic nitrogens is 2. The normalized spacial score (nSPS) is 12.2. The molecule has 2 aromatic heterocycles. The van der Waals surface area contributed by atoms with Crippen molar-refractivity contribution in [2.45, 2.75) is 53.6 Å². The minimum absolute atomic E-state index is 0.0486. The SMILES string of the molecule is CCc1cc(-c2nc(-c3cc(C)c(OCC(O)CO)c(C)c3)c(CC)o2)cc(C)n1. The number of ether oxygens (including phenoxy) is 1. The Balaban J connectivity index is 1.99. The molecule has 1 unspecified atom stereocenters. The number of nitrogens with zero attached hydrogens (tertiary/aromatic N) is 2. The number of aryl methyl sites for hydroxylation is 5. The molecular weight excluding hydrogens is 380 g/mol. The third-order valence-corrected chi connectivity index (χ3v) is 5.00. The molecule has 0 saturated heterocycles. The lowest BCUT2D eigenvalue weighted by atomic mass is 10.0. The van der Waals surface area contributed by atoms with E-state index in [2.05, 4.69) is 18.8 Å². The smallest absolute Gasteiger partial charge is 0.227 e. The average molecular weight is 411 g/mol. The first-order valence-corrected chi connectivity index (χ1v) is 10.4. The Morgan fingerprint density at radius 3 is 2.27 bits per heavy atom. The molecular formula is C24H30N2O4. The van der Waals surface area contributed by atoms with Gasteiger partial charge in [0.05, 0.1) is 6.61 Å². The second kappa shape index (κ2) is 9.41. The Labute approximate surface area is 177 Å². The van der Waals surface area contributed by atoms with E-state index >= 15 is 0 Å². The molecule has 1 aromatic carbocycles. The third-order valence-electron chi connectivity index (χ3n) is 5.00. The fraction of sp³-hybridized carbons (Fsp3) is 0.417. The molecule has 0 radical (unpaired) electrons. The van der Waals surface area contributed by atoms with E-state index in [4.69, 9.17) is 19.2 Å². The monoisotopic (exact) mass is 410 g/mol. The van der Waals surface area contributed by atoms with E-state index < -0.39 is 6.10 Å². The summed E-state index contributed by atoms with van der Waals surface area (Å²) in [5, 5.41) is 18.6. The van der Waals surface area contributed by atoms with Crippen molar-refractivity contribution < 1.29 is 19.4 Å². The van der Waals surface area contributed by atoms with Crippen LogP contribution >= 0.6 is 0 Å². The van der Waals surface area contributed by atoms with E-state index in [1.165, 1.54) is 0 Å². The van der Waals surface area contributed by atoms with Crippen LogP contribution in [0.4, 0.5) is 0 Å². The van der Waals surface area contributed by atoms with Gasteiger partial charge in [-0.3, -0.25) is 4.98 Å². The minimum Gasteiger partial charge on any atom is -0.490 e. The highest BCUT2D eigenvalue weighted by Gasteiger charge is 2.18. The van der Waals surface area contributed by atoms with Crippen LogP contribution < -0.4 is 4.74 Å². The summed E-state index contributed by atoms with van der Waals surface area (Å²) in [7, 11) is 0. The fourth-order valence-corrected chi connectivity index (χ4v) is 3.53. The summed E-state index contributed by atoms with van der Waals surface area (Å²) >= 11 is 0. The minimum atomic E-state index is -0.898. The van der Waals surface area contributed by atoms with Crippen LogP contribution in [0.25, 0.3) is 22.7 Å². The van der Waals surface area contributed by atoms with E-state index in [1.54, 1.807) is 0 Å². The molecule has 0 aliphatic heterocycles. The maximum Gasteiger partial charge on any atom is 0.227 e. The van der Waals surface area contributed by atoms with Crippen LogP contribution in [0, 0.1) is 20.8 Å². The van der Waals surface area contributed by atoms with Crippen molar-refractivity contribution >= 4 is 0 Å². The number of hydrogen-bond acceptors (Lipinski definition) is 6. The Kier molecular flexibility index (Phi) is 6.90. The summed E-state index contributed by atoms with van der Waals surface area (Å²) in [4.78, 5) is 9.37. The highest BCUT2D eigenvalue weighted by Crippen LogP contribution is 2.34. The molecule has 6 heteroatoms. The summed E-state index contributed by atoms with van der Waals surface area (Å²) in [5.41, 5.74) is 6.57. The standard InChI is InChI=1S/C24H30N2O4/c1-6-19-11-18(10-16(5)25-19)24-26-22(21(7-2)30-24)17-8-14(3)23(15(4)9-17)29-13-20(28)12-27/h8-11,20,27-28H,6-7,12-13H2,1-5H3. The largest absolute Gasteiger partial charge is 0.490 e.